The number of thiazole rings is 1. The van der Waals surface area contributed by atoms with Crippen molar-refractivity contribution in [3.05, 3.63) is 78.4 Å². The van der Waals surface area contributed by atoms with Gasteiger partial charge in [0.05, 0.1) is 10.2 Å². The van der Waals surface area contributed by atoms with E-state index in [1.807, 2.05) is 54.6 Å². The Morgan fingerprint density at radius 2 is 1.77 bits per heavy atom. The third kappa shape index (κ3) is 4.69. The molecule has 152 valence electrons. The highest BCUT2D eigenvalue weighted by atomic mass is 32.1. The summed E-state index contributed by atoms with van der Waals surface area (Å²) in [4.78, 5) is 16.9. The maximum Gasteiger partial charge on any atom is 0.262 e. The van der Waals surface area contributed by atoms with Crippen molar-refractivity contribution >= 4 is 33.1 Å². The zero-order valence-electron chi connectivity index (χ0n) is 17.1. The number of anilines is 1. The lowest BCUT2D eigenvalue weighted by atomic mass is 9.99. The molecule has 0 aliphatic carbocycles. The standard InChI is InChI=1S/C25H24N2O2S/c1-3-17(2)18-8-12-20(13-9-18)26-24(28)16-29-21-14-10-19(11-15-21)25-27-22-6-4-5-7-23(22)30-25/h4-15,17H,3,16H2,1-2H3,(H,26,28)/t17-/m0/s1. The van der Waals surface area contributed by atoms with Crippen LogP contribution in [0.15, 0.2) is 72.8 Å². The summed E-state index contributed by atoms with van der Waals surface area (Å²) in [6, 6.07) is 23.8. The van der Waals surface area contributed by atoms with Crippen LogP contribution >= 0.6 is 11.3 Å². The summed E-state index contributed by atoms with van der Waals surface area (Å²) in [5.41, 5.74) is 4.10. The molecule has 30 heavy (non-hydrogen) atoms. The predicted molar refractivity (Wildman–Crippen MR) is 124 cm³/mol. The molecule has 4 nitrogen and oxygen atoms in total. The molecule has 0 aliphatic rings. The van der Waals surface area contributed by atoms with Crippen LogP contribution in [0.25, 0.3) is 20.8 Å². The topological polar surface area (TPSA) is 51.2 Å². The number of benzene rings is 3. The Kier molecular flexibility index (Phi) is 6.10. The molecule has 3 aromatic carbocycles. The van der Waals surface area contributed by atoms with Crippen LogP contribution in [0.1, 0.15) is 31.7 Å². The third-order valence-corrected chi connectivity index (χ3v) is 6.23. The maximum atomic E-state index is 12.2. The summed E-state index contributed by atoms with van der Waals surface area (Å²) in [6.07, 6.45) is 1.09. The third-order valence-electron chi connectivity index (χ3n) is 5.14. The quantitative estimate of drug-likeness (QED) is 0.374. The van der Waals surface area contributed by atoms with E-state index < -0.39 is 0 Å². The van der Waals surface area contributed by atoms with Gasteiger partial charge in [-0.05, 0) is 66.4 Å². The van der Waals surface area contributed by atoms with Crippen LogP contribution < -0.4 is 10.1 Å². The van der Waals surface area contributed by atoms with Gasteiger partial charge in [0.2, 0.25) is 0 Å². The summed E-state index contributed by atoms with van der Waals surface area (Å²) in [5, 5.41) is 3.85. The second-order valence-corrected chi connectivity index (χ2v) is 8.31. The first-order valence-corrected chi connectivity index (χ1v) is 10.9. The fourth-order valence-corrected chi connectivity index (χ4v) is 4.14. The lowest BCUT2D eigenvalue weighted by Crippen LogP contribution is -2.20. The van der Waals surface area contributed by atoms with Crippen LogP contribution in [-0.4, -0.2) is 17.5 Å². The Hall–Kier alpha value is -3.18. The fraction of sp³-hybridized carbons (Fsp3) is 0.200. The zero-order chi connectivity index (χ0) is 20.9. The minimum Gasteiger partial charge on any atom is -0.484 e. The molecule has 0 aliphatic heterocycles. The fourth-order valence-electron chi connectivity index (χ4n) is 3.17. The molecular weight excluding hydrogens is 392 g/mol. The van der Waals surface area contributed by atoms with Crippen molar-refractivity contribution in [2.75, 3.05) is 11.9 Å². The van der Waals surface area contributed by atoms with Crippen molar-refractivity contribution in [1.82, 2.24) is 4.98 Å². The molecule has 5 heteroatoms. The van der Waals surface area contributed by atoms with E-state index in [1.54, 1.807) is 11.3 Å². The number of para-hydroxylation sites is 1. The smallest absolute Gasteiger partial charge is 0.262 e. The second-order valence-electron chi connectivity index (χ2n) is 7.28. The van der Waals surface area contributed by atoms with Gasteiger partial charge in [0, 0.05) is 11.3 Å². The van der Waals surface area contributed by atoms with E-state index in [-0.39, 0.29) is 12.5 Å². The number of amides is 1. The average molecular weight is 417 g/mol. The molecule has 0 radical (unpaired) electrons. The summed E-state index contributed by atoms with van der Waals surface area (Å²) < 4.78 is 6.81. The Morgan fingerprint density at radius 3 is 2.47 bits per heavy atom. The highest BCUT2D eigenvalue weighted by molar-refractivity contribution is 7.21. The number of aromatic nitrogens is 1. The Labute approximate surface area is 180 Å². The molecule has 0 saturated heterocycles. The second kappa shape index (κ2) is 9.09. The van der Waals surface area contributed by atoms with E-state index in [2.05, 4.69) is 42.3 Å². The summed E-state index contributed by atoms with van der Waals surface area (Å²) in [7, 11) is 0. The number of hydrogen-bond donors (Lipinski definition) is 1. The number of rotatable bonds is 7. The van der Waals surface area contributed by atoms with Gasteiger partial charge >= 0.3 is 0 Å². The molecule has 1 aromatic heterocycles. The molecule has 1 atom stereocenters. The first-order chi connectivity index (χ1) is 14.6. The van der Waals surface area contributed by atoms with Crippen molar-refractivity contribution < 1.29 is 9.53 Å². The first kappa shape index (κ1) is 20.1. The Morgan fingerprint density at radius 1 is 1.03 bits per heavy atom. The molecule has 0 spiro atoms. The minimum absolute atomic E-state index is 0.0341. The molecule has 0 fully saturated rings. The normalized spacial score (nSPS) is 11.9. The maximum absolute atomic E-state index is 12.2. The van der Waals surface area contributed by atoms with E-state index in [1.165, 1.54) is 10.3 Å². The van der Waals surface area contributed by atoms with Gasteiger partial charge in [-0.3, -0.25) is 4.79 Å². The van der Waals surface area contributed by atoms with E-state index in [4.69, 9.17) is 4.74 Å². The number of fused-ring (bicyclic) bond motifs is 1. The molecule has 0 saturated carbocycles. The monoisotopic (exact) mass is 416 g/mol. The largest absolute Gasteiger partial charge is 0.484 e. The number of ether oxygens (including phenoxy) is 1. The van der Waals surface area contributed by atoms with E-state index in [0.717, 1.165) is 28.2 Å². The highest BCUT2D eigenvalue weighted by Gasteiger charge is 2.08. The molecular formula is C25H24N2O2S. The molecule has 0 unspecified atom stereocenters. The van der Waals surface area contributed by atoms with Crippen molar-refractivity contribution in [2.45, 2.75) is 26.2 Å². The molecule has 1 heterocycles. The van der Waals surface area contributed by atoms with Crippen LogP contribution in [0.5, 0.6) is 5.75 Å². The Balaban J connectivity index is 1.33. The summed E-state index contributed by atoms with van der Waals surface area (Å²) in [6.45, 7) is 4.33. The van der Waals surface area contributed by atoms with E-state index in [0.29, 0.717) is 11.7 Å². The lowest BCUT2D eigenvalue weighted by molar-refractivity contribution is -0.118. The number of nitrogens with one attached hydrogen (secondary N) is 1. The van der Waals surface area contributed by atoms with E-state index >= 15 is 0 Å². The van der Waals surface area contributed by atoms with Gasteiger partial charge in [-0.15, -0.1) is 11.3 Å². The van der Waals surface area contributed by atoms with Crippen LogP contribution in [-0.2, 0) is 4.79 Å². The van der Waals surface area contributed by atoms with Gasteiger partial charge in [-0.2, -0.15) is 0 Å². The zero-order valence-corrected chi connectivity index (χ0v) is 17.9. The number of carbonyl (C=O) groups excluding carboxylic acids is 1. The lowest BCUT2D eigenvalue weighted by Gasteiger charge is -2.11. The van der Waals surface area contributed by atoms with Crippen LogP contribution in [0.3, 0.4) is 0 Å². The van der Waals surface area contributed by atoms with Crippen molar-refractivity contribution in [3.63, 3.8) is 0 Å². The van der Waals surface area contributed by atoms with Gasteiger partial charge in [0.15, 0.2) is 6.61 Å². The molecule has 0 bridgehead atoms. The number of hydrogen-bond acceptors (Lipinski definition) is 4. The van der Waals surface area contributed by atoms with Gasteiger partial charge in [-0.25, -0.2) is 4.98 Å². The van der Waals surface area contributed by atoms with Gasteiger partial charge in [-0.1, -0.05) is 38.1 Å². The first-order valence-electron chi connectivity index (χ1n) is 10.1. The SMILES string of the molecule is CC[C@H](C)c1ccc(NC(=O)COc2ccc(-c3nc4ccccc4s3)cc2)cc1. The number of nitrogens with zero attached hydrogens (tertiary/aromatic N) is 1. The molecule has 4 rings (SSSR count). The molecule has 1 N–H and O–H groups in total. The minimum atomic E-state index is -0.179. The van der Waals surface area contributed by atoms with Gasteiger partial charge in [0.25, 0.3) is 5.91 Å². The average Bonchev–Trinajstić information content (AvgIpc) is 3.22. The van der Waals surface area contributed by atoms with Gasteiger partial charge < -0.3 is 10.1 Å². The summed E-state index contributed by atoms with van der Waals surface area (Å²) in [5.74, 6) is 0.993. The predicted octanol–water partition coefficient (Wildman–Crippen LogP) is 6.49. The van der Waals surface area contributed by atoms with Crippen molar-refractivity contribution in [3.8, 4) is 16.3 Å². The molecule has 1 amide bonds. The van der Waals surface area contributed by atoms with Crippen LogP contribution in [0, 0.1) is 0 Å². The summed E-state index contributed by atoms with van der Waals surface area (Å²) >= 11 is 1.66. The highest BCUT2D eigenvalue weighted by Crippen LogP contribution is 2.30. The molecule has 4 aromatic rings. The van der Waals surface area contributed by atoms with E-state index in [9.17, 15) is 4.79 Å². The van der Waals surface area contributed by atoms with Crippen LogP contribution in [0.2, 0.25) is 0 Å². The number of carbonyl (C=O) groups is 1. The van der Waals surface area contributed by atoms with Crippen LogP contribution in [0.4, 0.5) is 5.69 Å². The van der Waals surface area contributed by atoms with Crippen molar-refractivity contribution in [2.24, 2.45) is 0 Å². The van der Waals surface area contributed by atoms with Crippen molar-refractivity contribution in [1.29, 1.82) is 0 Å². The Bertz CT molecular complexity index is 1100. The van der Waals surface area contributed by atoms with Gasteiger partial charge in [0.1, 0.15) is 10.8 Å².